The Hall–Kier alpha value is -2.21. The lowest BCUT2D eigenvalue weighted by atomic mass is 10.1. The number of rotatable bonds is 4. The van der Waals surface area contributed by atoms with Crippen LogP contribution in [0.15, 0.2) is 30.3 Å². The van der Waals surface area contributed by atoms with Crippen molar-refractivity contribution in [3.8, 4) is 0 Å². The molecule has 1 aliphatic rings. The van der Waals surface area contributed by atoms with Gasteiger partial charge in [-0.05, 0) is 6.07 Å². The molecule has 0 radical (unpaired) electrons. The first-order valence-corrected chi connectivity index (χ1v) is 6.96. The number of amides is 1. The minimum absolute atomic E-state index is 0.116. The largest absolute Gasteiger partial charge is 0.340 e. The molecule has 1 saturated heterocycles. The zero-order chi connectivity index (χ0) is 15.2. The van der Waals surface area contributed by atoms with Crippen molar-refractivity contribution in [3.05, 3.63) is 46.0 Å². The number of para-hydroxylation sites is 1. The predicted molar refractivity (Wildman–Crippen MR) is 80.8 cm³/mol. The van der Waals surface area contributed by atoms with Crippen LogP contribution >= 0.6 is 0 Å². The molecule has 0 spiro atoms. The summed E-state index contributed by atoms with van der Waals surface area (Å²) in [6.07, 6.45) is 3.72. The van der Waals surface area contributed by atoms with E-state index >= 15 is 0 Å². The highest BCUT2D eigenvalue weighted by Gasteiger charge is 2.17. The Labute approximate surface area is 123 Å². The van der Waals surface area contributed by atoms with Gasteiger partial charge in [-0.2, -0.15) is 0 Å². The van der Waals surface area contributed by atoms with Crippen LogP contribution in [0.2, 0.25) is 0 Å². The van der Waals surface area contributed by atoms with Crippen LogP contribution in [0.1, 0.15) is 12.5 Å². The third-order valence-corrected chi connectivity index (χ3v) is 3.61. The molecule has 1 fully saturated rings. The molecule has 1 amide bonds. The maximum Gasteiger partial charge on any atom is 0.276 e. The van der Waals surface area contributed by atoms with Crippen LogP contribution < -0.4 is 0 Å². The number of nitrogens with zero attached hydrogens (tertiary/aromatic N) is 3. The average Bonchev–Trinajstić information content (AvgIpc) is 2.48. The predicted octanol–water partition coefficient (Wildman–Crippen LogP) is 1.77. The average molecular weight is 289 g/mol. The van der Waals surface area contributed by atoms with Gasteiger partial charge in [-0.3, -0.25) is 19.8 Å². The highest BCUT2D eigenvalue weighted by molar-refractivity contribution is 5.73. The van der Waals surface area contributed by atoms with Crippen LogP contribution in [0, 0.1) is 10.1 Å². The lowest BCUT2D eigenvalue weighted by molar-refractivity contribution is -0.385. The number of nitro benzene ring substituents is 1. The monoisotopic (exact) mass is 289 g/mol. The highest BCUT2D eigenvalue weighted by atomic mass is 16.6. The number of carbonyl (C=O) groups is 1. The molecule has 112 valence electrons. The molecule has 1 aliphatic heterocycles. The zero-order valence-electron chi connectivity index (χ0n) is 12.1. The van der Waals surface area contributed by atoms with E-state index in [9.17, 15) is 14.9 Å². The van der Waals surface area contributed by atoms with E-state index in [0.29, 0.717) is 5.56 Å². The molecule has 6 nitrogen and oxygen atoms in total. The van der Waals surface area contributed by atoms with E-state index in [-0.39, 0.29) is 16.5 Å². The summed E-state index contributed by atoms with van der Waals surface area (Å²) in [7, 11) is 0. The number of benzene rings is 1. The molecular weight excluding hydrogens is 270 g/mol. The first-order valence-electron chi connectivity index (χ1n) is 6.96. The van der Waals surface area contributed by atoms with Crippen LogP contribution in [0.5, 0.6) is 0 Å². The molecule has 0 aliphatic carbocycles. The summed E-state index contributed by atoms with van der Waals surface area (Å²) in [6.45, 7) is 5.48. The summed E-state index contributed by atoms with van der Waals surface area (Å²) in [5, 5.41) is 10.9. The van der Waals surface area contributed by atoms with Crippen LogP contribution in [0.25, 0.3) is 6.08 Å². The summed E-state index contributed by atoms with van der Waals surface area (Å²) in [4.78, 5) is 25.8. The maximum atomic E-state index is 11.2. The Bertz CT molecular complexity index is 549. The van der Waals surface area contributed by atoms with E-state index in [2.05, 4.69) is 4.90 Å². The molecule has 6 heteroatoms. The van der Waals surface area contributed by atoms with E-state index < -0.39 is 0 Å². The van der Waals surface area contributed by atoms with Crippen LogP contribution in [-0.2, 0) is 4.79 Å². The Morgan fingerprint density at radius 3 is 2.57 bits per heavy atom. The van der Waals surface area contributed by atoms with Crippen molar-refractivity contribution < 1.29 is 9.72 Å². The molecule has 0 aromatic heterocycles. The maximum absolute atomic E-state index is 11.2. The van der Waals surface area contributed by atoms with Gasteiger partial charge in [-0.1, -0.05) is 24.3 Å². The lowest BCUT2D eigenvalue weighted by Gasteiger charge is -2.33. The number of nitro groups is 1. The molecule has 0 saturated carbocycles. The topological polar surface area (TPSA) is 66.7 Å². The SMILES string of the molecule is CC(=O)N1CCN(C/C=C/c2ccccc2[N+](=O)[O-])CC1. The summed E-state index contributed by atoms with van der Waals surface area (Å²) in [5.41, 5.74) is 0.736. The minimum Gasteiger partial charge on any atom is -0.340 e. The number of carbonyl (C=O) groups excluding carboxylic acids is 1. The van der Waals surface area contributed by atoms with Gasteiger partial charge in [0, 0.05) is 45.7 Å². The molecule has 1 heterocycles. The number of hydrogen-bond donors (Lipinski definition) is 0. The Morgan fingerprint density at radius 1 is 1.29 bits per heavy atom. The van der Waals surface area contributed by atoms with Gasteiger partial charge in [0.25, 0.3) is 5.69 Å². The smallest absolute Gasteiger partial charge is 0.276 e. The fourth-order valence-electron chi connectivity index (χ4n) is 2.37. The van der Waals surface area contributed by atoms with Gasteiger partial charge in [0.2, 0.25) is 5.91 Å². The van der Waals surface area contributed by atoms with Gasteiger partial charge in [-0.15, -0.1) is 0 Å². The molecule has 0 bridgehead atoms. The molecule has 2 rings (SSSR count). The lowest BCUT2D eigenvalue weighted by Crippen LogP contribution is -2.47. The quantitative estimate of drug-likeness (QED) is 0.626. The molecule has 1 aromatic rings. The summed E-state index contributed by atoms with van der Waals surface area (Å²) in [6, 6.07) is 6.70. The van der Waals surface area contributed by atoms with E-state index in [1.54, 1.807) is 31.2 Å². The van der Waals surface area contributed by atoms with Crippen molar-refractivity contribution in [2.75, 3.05) is 32.7 Å². The molecule has 0 atom stereocenters. The van der Waals surface area contributed by atoms with Gasteiger partial charge in [-0.25, -0.2) is 0 Å². The number of piperazine rings is 1. The van der Waals surface area contributed by atoms with Crippen molar-refractivity contribution in [2.24, 2.45) is 0 Å². The third kappa shape index (κ3) is 4.13. The van der Waals surface area contributed by atoms with Crippen molar-refractivity contribution in [1.82, 2.24) is 9.80 Å². The van der Waals surface area contributed by atoms with Gasteiger partial charge in [0.1, 0.15) is 0 Å². The van der Waals surface area contributed by atoms with Crippen LogP contribution in [0.4, 0.5) is 5.69 Å². The Kier molecular flexibility index (Phi) is 5.05. The zero-order valence-corrected chi connectivity index (χ0v) is 12.1. The molecule has 1 aromatic carbocycles. The number of hydrogen-bond acceptors (Lipinski definition) is 4. The Balaban J connectivity index is 1.89. The molecule has 21 heavy (non-hydrogen) atoms. The Morgan fingerprint density at radius 2 is 1.95 bits per heavy atom. The highest BCUT2D eigenvalue weighted by Crippen LogP contribution is 2.18. The van der Waals surface area contributed by atoms with Crippen molar-refractivity contribution in [2.45, 2.75) is 6.92 Å². The fraction of sp³-hybridized carbons (Fsp3) is 0.400. The summed E-state index contributed by atoms with van der Waals surface area (Å²) >= 11 is 0. The molecule has 0 N–H and O–H groups in total. The van der Waals surface area contributed by atoms with Gasteiger partial charge < -0.3 is 4.90 Å². The summed E-state index contributed by atoms with van der Waals surface area (Å²) < 4.78 is 0. The van der Waals surface area contributed by atoms with E-state index in [1.165, 1.54) is 6.07 Å². The third-order valence-electron chi connectivity index (χ3n) is 3.61. The minimum atomic E-state index is -0.370. The van der Waals surface area contributed by atoms with Gasteiger partial charge in [0.05, 0.1) is 10.5 Å². The van der Waals surface area contributed by atoms with Crippen molar-refractivity contribution >= 4 is 17.7 Å². The first kappa shape index (κ1) is 15.2. The normalized spacial score (nSPS) is 16.3. The van der Waals surface area contributed by atoms with Crippen LogP contribution in [-0.4, -0.2) is 53.4 Å². The van der Waals surface area contributed by atoms with Crippen LogP contribution in [0.3, 0.4) is 0 Å². The second kappa shape index (κ2) is 6.99. The van der Waals surface area contributed by atoms with E-state index in [0.717, 1.165) is 32.7 Å². The molecule has 0 unspecified atom stereocenters. The first-order chi connectivity index (χ1) is 10.1. The second-order valence-corrected chi connectivity index (χ2v) is 5.02. The fourth-order valence-corrected chi connectivity index (χ4v) is 2.37. The van der Waals surface area contributed by atoms with Gasteiger partial charge >= 0.3 is 0 Å². The van der Waals surface area contributed by atoms with Crippen molar-refractivity contribution in [3.63, 3.8) is 0 Å². The summed E-state index contributed by atoms with van der Waals surface area (Å²) in [5.74, 6) is 0.116. The van der Waals surface area contributed by atoms with Crippen molar-refractivity contribution in [1.29, 1.82) is 0 Å². The molecular formula is C15H19N3O3. The second-order valence-electron chi connectivity index (χ2n) is 5.02. The van der Waals surface area contributed by atoms with Gasteiger partial charge in [0.15, 0.2) is 0 Å². The van der Waals surface area contributed by atoms with E-state index in [4.69, 9.17) is 0 Å². The standard InChI is InChI=1S/C15H19N3O3/c1-13(19)17-11-9-16(10-12-17)8-4-6-14-5-2-3-7-15(14)18(20)21/h2-7H,8-12H2,1H3/b6-4+. The van der Waals surface area contributed by atoms with E-state index in [1.807, 2.05) is 11.0 Å².